The first-order valence-corrected chi connectivity index (χ1v) is 9.30. The monoisotopic (exact) mass is 374 g/mol. The van der Waals surface area contributed by atoms with Gasteiger partial charge in [-0.3, -0.25) is 4.79 Å². The van der Waals surface area contributed by atoms with Gasteiger partial charge in [-0.1, -0.05) is 18.2 Å². The molecule has 1 aliphatic heterocycles. The van der Waals surface area contributed by atoms with Crippen LogP contribution in [-0.2, 0) is 0 Å². The molecule has 0 atom stereocenters. The van der Waals surface area contributed by atoms with Gasteiger partial charge in [0.2, 0.25) is 0 Å². The second-order valence-electron chi connectivity index (χ2n) is 6.64. The van der Waals surface area contributed by atoms with Crippen LogP contribution in [0.25, 0.3) is 11.3 Å². The summed E-state index contributed by atoms with van der Waals surface area (Å²) in [6.07, 6.45) is 1.59. The number of hydrogen-bond acceptors (Lipinski definition) is 5. The van der Waals surface area contributed by atoms with Gasteiger partial charge >= 0.3 is 0 Å². The van der Waals surface area contributed by atoms with E-state index in [1.165, 1.54) is 0 Å². The molecule has 0 unspecified atom stereocenters. The predicted octanol–water partition coefficient (Wildman–Crippen LogP) is 3.11. The fourth-order valence-electron chi connectivity index (χ4n) is 3.34. The van der Waals surface area contributed by atoms with E-state index in [4.69, 9.17) is 4.74 Å². The fourth-order valence-corrected chi connectivity index (χ4v) is 3.34. The van der Waals surface area contributed by atoms with Gasteiger partial charge in [-0.25, -0.2) is 9.97 Å². The molecule has 0 aliphatic carbocycles. The third-order valence-electron chi connectivity index (χ3n) is 4.95. The number of methoxy groups -OCH3 is 1. The molecule has 0 bridgehead atoms. The normalized spacial score (nSPS) is 14.0. The Hall–Kier alpha value is -3.41. The first kappa shape index (κ1) is 18.0. The molecule has 1 saturated heterocycles. The molecule has 28 heavy (non-hydrogen) atoms. The predicted molar refractivity (Wildman–Crippen MR) is 109 cm³/mol. The van der Waals surface area contributed by atoms with Gasteiger partial charge in [0, 0.05) is 43.4 Å². The molecular weight excluding hydrogens is 352 g/mol. The molecule has 0 spiro atoms. The topological polar surface area (TPSA) is 58.6 Å². The van der Waals surface area contributed by atoms with Gasteiger partial charge in [0.05, 0.1) is 12.8 Å². The Morgan fingerprint density at radius 1 is 0.929 bits per heavy atom. The van der Waals surface area contributed by atoms with Crippen molar-refractivity contribution >= 4 is 11.7 Å². The molecule has 6 nitrogen and oxygen atoms in total. The van der Waals surface area contributed by atoms with Crippen molar-refractivity contribution in [2.24, 2.45) is 0 Å². The number of rotatable bonds is 4. The summed E-state index contributed by atoms with van der Waals surface area (Å²) in [7, 11) is 1.65. The van der Waals surface area contributed by atoms with Gasteiger partial charge in [-0.2, -0.15) is 0 Å². The van der Waals surface area contributed by atoms with E-state index in [-0.39, 0.29) is 5.91 Å². The molecule has 1 fully saturated rings. The number of piperazine rings is 1. The summed E-state index contributed by atoms with van der Waals surface area (Å²) in [5, 5.41) is 0. The molecule has 142 valence electrons. The number of carbonyl (C=O) groups excluding carboxylic acids is 1. The van der Waals surface area contributed by atoms with Crippen LogP contribution in [-0.4, -0.2) is 54.1 Å². The smallest absolute Gasteiger partial charge is 0.253 e. The van der Waals surface area contributed by atoms with E-state index in [9.17, 15) is 4.79 Å². The van der Waals surface area contributed by atoms with Crippen LogP contribution in [0, 0.1) is 0 Å². The van der Waals surface area contributed by atoms with Crippen LogP contribution in [0.1, 0.15) is 10.4 Å². The average molecular weight is 374 g/mol. The second-order valence-corrected chi connectivity index (χ2v) is 6.64. The molecule has 6 heteroatoms. The SMILES string of the molecule is COc1ccc(-c2cc(N3CCN(C(=O)c4ccccc4)CC3)ncn2)cc1. The van der Waals surface area contributed by atoms with E-state index in [0.29, 0.717) is 13.1 Å². The van der Waals surface area contributed by atoms with E-state index < -0.39 is 0 Å². The molecule has 2 aromatic carbocycles. The number of nitrogens with zero attached hydrogens (tertiary/aromatic N) is 4. The zero-order chi connectivity index (χ0) is 19.3. The molecule has 0 saturated carbocycles. The Kier molecular flexibility index (Phi) is 5.19. The van der Waals surface area contributed by atoms with E-state index >= 15 is 0 Å². The molecule has 0 radical (unpaired) electrons. The lowest BCUT2D eigenvalue weighted by Gasteiger charge is -2.35. The van der Waals surface area contributed by atoms with E-state index in [1.54, 1.807) is 13.4 Å². The summed E-state index contributed by atoms with van der Waals surface area (Å²) in [6, 6.07) is 19.2. The van der Waals surface area contributed by atoms with Crippen LogP contribution in [0.5, 0.6) is 5.75 Å². The minimum Gasteiger partial charge on any atom is -0.497 e. The first-order valence-electron chi connectivity index (χ1n) is 9.30. The van der Waals surface area contributed by atoms with Crippen molar-refractivity contribution in [2.45, 2.75) is 0 Å². The highest BCUT2D eigenvalue weighted by Crippen LogP contribution is 2.24. The summed E-state index contributed by atoms with van der Waals surface area (Å²) in [5.41, 5.74) is 2.62. The summed E-state index contributed by atoms with van der Waals surface area (Å²) >= 11 is 0. The van der Waals surface area contributed by atoms with Crippen LogP contribution < -0.4 is 9.64 Å². The number of anilines is 1. The standard InChI is InChI=1S/C22H22N4O2/c1-28-19-9-7-17(8-10-19)20-15-21(24-16-23-20)25-11-13-26(14-12-25)22(27)18-5-3-2-4-6-18/h2-10,15-16H,11-14H2,1H3. The lowest BCUT2D eigenvalue weighted by Crippen LogP contribution is -2.49. The summed E-state index contributed by atoms with van der Waals surface area (Å²) in [5.74, 6) is 1.78. The summed E-state index contributed by atoms with van der Waals surface area (Å²) in [6.45, 7) is 2.85. The lowest BCUT2D eigenvalue weighted by molar-refractivity contribution is 0.0746. The Morgan fingerprint density at radius 3 is 2.32 bits per heavy atom. The number of aromatic nitrogens is 2. The molecular formula is C22H22N4O2. The molecule has 2 heterocycles. The molecule has 1 amide bonds. The Bertz CT molecular complexity index is 936. The van der Waals surface area contributed by atoms with Crippen LogP contribution >= 0.6 is 0 Å². The van der Waals surface area contributed by atoms with Crippen LogP contribution in [0.2, 0.25) is 0 Å². The van der Waals surface area contributed by atoms with Crippen molar-refractivity contribution in [2.75, 3.05) is 38.2 Å². The highest BCUT2D eigenvalue weighted by Gasteiger charge is 2.23. The van der Waals surface area contributed by atoms with Crippen molar-refractivity contribution < 1.29 is 9.53 Å². The molecule has 4 rings (SSSR count). The van der Waals surface area contributed by atoms with Crippen LogP contribution in [0.3, 0.4) is 0 Å². The van der Waals surface area contributed by atoms with Crippen molar-refractivity contribution in [3.63, 3.8) is 0 Å². The molecule has 1 aliphatic rings. The van der Waals surface area contributed by atoms with E-state index in [1.807, 2.05) is 65.6 Å². The number of ether oxygens (including phenoxy) is 1. The first-order chi connectivity index (χ1) is 13.7. The highest BCUT2D eigenvalue weighted by molar-refractivity contribution is 5.94. The third kappa shape index (κ3) is 3.81. The van der Waals surface area contributed by atoms with E-state index in [0.717, 1.165) is 41.5 Å². The van der Waals surface area contributed by atoms with Gasteiger partial charge in [0.25, 0.3) is 5.91 Å². The van der Waals surface area contributed by atoms with Crippen molar-refractivity contribution in [3.05, 3.63) is 72.6 Å². The molecule has 0 N–H and O–H groups in total. The third-order valence-corrected chi connectivity index (χ3v) is 4.95. The number of carbonyl (C=O) groups is 1. The van der Waals surface area contributed by atoms with Crippen molar-refractivity contribution in [1.82, 2.24) is 14.9 Å². The molecule has 1 aromatic heterocycles. The zero-order valence-corrected chi connectivity index (χ0v) is 15.8. The lowest BCUT2D eigenvalue weighted by atomic mass is 10.1. The van der Waals surface area contributed by atoms with Gasteiger partial charge in [-0.15, -0.1) is 0 Å². The molecule has 3 aromatic rings. The van der Waals surface area contributed by atoms with Gasteiger partial charge < -0.3 is 14.5 Å². The van der Waals surface area contributed by atoms with Gasteiger partial charge in [-0.05, 0) is 36.4 Å². The average Bonchev–Trinajstić information content (AvgIpc) is 2.79. The maximum Gasteiger partial charge on any atom is 0.253 e. The fraction of sp³-hybridized carbons (Fsp3) is 0.227. The number of amides is 1. The summed E-state index contributed by atoms with van der Waals surface area (Å²) in [4.78, 5) is 25.5. The largest absolute Gasteiger partial charge is 0.497 e. The maximum absolute atomic E-state index is 12.6. The minimum absolute atomic E-state index is 0.0851. The van der Waals surface area contributed by atoms with Crippen LogP contribution in [0.15, 0.2) is 67.0 Å². The summed E-state index contributed by atoms with van der Waals surface area (Å²) < 4.78 is 5.21. The van der Waals surface area contributed by atoms with Crippen LogP contribution in [0.4, 0.5) is 5.82 Å². The quantitative estimate of drug-likeness (QED) is 0.702. The minimum atomic E-state index is 0.0851. The maximum atomic E-state index is 12.6. The van der Waals surface area contributed by atoms with E-state index in [2.05, 4.69) is 14.9 Å². The van der Waals surface area contributed by atoms with Gasteiger partial charge in [0.15, 0.2) is 0 Å². The second kappa shape index (κ2) is 8.08. The Balaban J connectivity index is 1.44. The Morgan fingerprint density at radius 2 is 1.64 bits per heavy atom. The number of hydrogen-bond donors (Lipinski definition) is 0. The van der Waals surface area contributed by atoms with Crippen molar-refractivity contribution in [1.29, 1.82) is 0 Å². The van der Waals surface area contributed by atoms with Gasteiger partial charge in [0.1, 0.15) is 17.9 Å². The Labute approximate surface area is 164 Å². The highest BCUT2D eigenvalue weighted by atomic mass is 16.5. The number of benzene rings is 2. The van der Waals surface area contributed by atoms with Crippen molar-refractivity contribution in [3.8, 4) is 17.0 Å². The zero-order valence-electron chi connectivity index (χ0n) is 15.8.